The molecule has 0 amide bonds. The highest BCUT2D eigenvalue weighted by molar-refractivity contribution is 9.10. The third kappa shape index (κ3) is 4.11. The van der Waals surface area contributed by atoms with E-state index < -0.39 is 10.7 Å². The molecule has 0 unspecified atom stereocenters. The Bertz CT molecular complexity index is 801. The molecule has 0 saturated heterocycles. The summed E-state index contributed by atoms with van der Waals surface area (Å²) in [6.07, 6.45) is 0. The lowest BCUT2D eigenvalue weighted by atomic mass is 10.2. The van der Waals surface area contributed by atoms with Gasteiger partial charge in [-0.2, -0.15) is 0 Å². The first kappa shape index (κ1) is 18.8. The van der Waals surface area contributed by atoms with Gasteiger partial charge in [-0.05, 0) is 33.6 Å². The van der Waals surface area contributed by atoms with E-state index in [9.17, 15) is 14.5 Å². The smallest absolute Gasteiger partial charge is 0.295 e. The number of nitro groups is 1. The van der Waals surface area contributed by atoms with E-state index in [0.717, 1.165) is 11.6 Å². The van der Waals surface area contributed by atoms with Gasteiger partial charge >= 0.3 is 0 Å². The van der Waals surface area contributed by atoms with Crippen molar-refractivity contribution in [2.75, 3.05) is 26.6 Å². The van der Waals surface area contributed by atoms with E-state index in [4.69, 9.17) is 14.2 Å². The molecular formula is C16H16BrFN2O5. The van der Waals surface area contributed by atoms with Crippen LogP contribution in [-0.2, 0) is 6.54 Å². The summed E-state index contributed by atoms with van der Waals surface area (Å²) in [6.45, 7) is 0.245. The minimum atomic E-state index is -0.798. The van der Waals surface area contributed by atoms with Crippen LogP contribution in [0.25, 0.3) is 0 Å². The largest absolute Gasteiger partial charge is 0.494 e. The van der Waals surface area contributed by atoms with Gasteiger partial charge in [-0.1, -0.05) is 0 Å². The lowest BCUT2D eigenvalue weighted by Gasteiger charge is -2.13. The van der Waals surface area contributed by atoms with Gasteiger partial charge in [-0.3, -0.25) is 10.1 Å². The van der Waals surface area contributed by atoms with Crippen LogP contribution in [0.15, 0.2) is 28.7 Å². The predicted octanol–water partition coefficient (Wildman–Crippen LogP) is 4.13. The molecule has 2 aromatic rings. The van der Waals surface area contributed by atoms with Gasteiger partial charge in [-0.15, -0.1) is 0 Å². The Hall–Kier alpha value is -2.55. The first-order chi connectivity index (χ1) is 11.9. The minimum absolute atomic E-state index is 0.0819. The van der Waals surface area contributed by atoms with E-state index in [1.807, 2.05) is 0 Å². The predicted molar refractivity (Wildman–Crippen MR) is 94.2 cm³/mol. The maximum atomic E-state index is 13.7. The first-order valence-corrected chi connectivity index (χ1v) is 7.86. The Morgan fingerprint density at radius 2 is 1.80 bits per heavy atom. The molecule has 1 N–H and O–H groups in total. The zero-order valence-electron chi connectivity index (χ0n) is 13.8. The molecule has 7 nitrogen and oxygen atoms in total. The van der Waals surface area contributed by atoms with Crippen LogP contribution in [0.2, 0.25) is 0 Å². The third-order valence-corrected chi connectivity index (χ3v) is 4.03. The molecule has 0 aliphatic rings. The van der Waals surface area contributed by atoms with Crippen molar-refractivity contribution < 1.29 is 23.5 Å². The van der Waals surface area contributed by atoms with E-state index >= 15 is 0 Å². The molecule has 2 aromatic carbocycles. The monoisotopic (exact) mass is 414 g/mol. The van der Waals surface area contributed by atoms with Gasteiger partial charge in [-0.25, -0.2) is 4.39 Å². The second-order valence-electron chi connectivity index (χ2n) is 4.93. The Morgan fingerprint density at radius 1 is 1.12 bits per heavy atom. The summed E-state index contributed by atoms with van der Waals surface area (Å²) < 4.78 is 29.8. The molecule has 0 aromatic heterocycles. The van der Waals surface area contributed by atoms with Gasteiger partial charge in [0.1, 0.15) is 5.69 Å². The van der Waals surface area contributed by atoms with Gasteiger partial charge < -0.3 is 19.5 Å². The number of rotatable bonds is 7. The summed E-state index contributed by atoms with van der Waals surface area (Å²) in [5.41, 5.74) is 0.550. The number of hydrogen-bond acceptors (Lipinski definition) is 6. The molecule has 0 aliphatic heterocycles. The normalized spacial score (nSPS) is 10.3. The number of halogens is 2. The topological polar surface area (TPSA) is 82.9 Å². The van der Waals surface area contributed by atoms with Crippen LogP contribution < -0.4 is 19.5 Å². The van der Waals surface area contributed by atoms with Crippen molar-refractivity contribution in [2.24, 2.45) is 0 Å². The Morgan fingerprint density at radius 3 is 2.36 bits per heavy atom. The van der Waals surface area contributed by atoms with Crippen LogP contribution in [0, 0.1) is 15.9 Å². The van der Waals surface area contributed by atoms with E-state index in [-0.39, 0.29) is 23.7 Å². The molecule has 0 saturated carbocycles. The summed E-state index contributed by atoms with van der Waals surface area (Å²) in [5.74, 6) is 0.177. The summed E-state index contributed by atoms with van der Waals surface area (Å²) in [7, 11) is 4.32. The third-order valence-electron chi connectivity index (χ3n) is 3.44. The summed E-state index contributed by atoms with van der Waals surface area (Å²) >= 11 is 3.38. The van der Waals surface area contributed by atoms with E-state index in [1.54, 1.807) is 12.1 Å². The van der Waals surface area contributed by atoms with Gasteiger partial charge in [0.05, 0.1) is 36.8 Å². The van der Waals surface area contributed by atoms with Crippen molar-refractivity contribution in [1.82, 2.24) is 0 Å². The van der Waals surface area contributed by atoms with Crippen LogP contribution in [-0.4, -0.2) is 26.3 Å². The van der Waals surface area contributed by atoms with Gasteiger partial charge in [0.25, 0.3) is 5.69 Å². The van der Waals surface area contributed by atoms with Gasteiger partial charge in [0.15, 0.2) is 23.1 Å². The first-order valence-electron chi connectivity index (χ1n) is 7.07. The molecule has 9 heteroatoms. The van der Waals surface area contributed by atoms with Crippen LogP contribution in [0.5, 0.6) is 17.2 Å². The van der Waals surface area contributed by atoms with Crippen molar-refractivity contribution in [3.05, 3.63) is 50.2 Å². The van der Waals surface area contributed by atoms with E-state index in [0.29, 0.717) is 16.0 Å². The lowest BCUT2D eigenvalue weighted by Crippen LogP contribution is -2.05. The fourth-order valence-corrected chi connectivity index (χ4v) is 2.91. The number of nitro benzene ring substituents is 1. The number of hydrogen-bond donors (Lipinski definition) is 1. The van der Waals surface area contributed by atoms with Crippen molar-refractivity contribution >= 4 is 27.3 Å². The highest BCUT2D eigenvalue weighted by Crippen LogP contribution is 2.37. The van der Waals surface area contributed by atoms with Crippen molar-refractivity contribution in [2.45, 2.75) is 6.54 Å². The summed E-state index contributed by atoms with van der Waals surface area (Å²) in [6, 6.07) is 5.61. The minimum Gasteiger partial charge on any atom is -0.494 e. The van der Waals surface area contributed by atoms with Crippen molar-refractivity contribution in [3.8, 4) is 17.2 Å². The highest BCUT2D eigenvalue weighted by atomic mass is 79.9. The van der Waals surface area contributed by atoms with Crippen LogP contribution in [0.3, 0.4) is 0 Å². The Labute approximate surface area is 152 Å². The molecule has 0 atom stereocenters. The SMILES string of the molecule is COc1cc(NCc2cc(Br)c(OC)c(OC)c2)c([N+](=O)[O-])cc1F. The summed E-state index contributed by atoms with van der Waals surface area (Å²) in [5, 5.41) is 14.1. The molecule has 0 aliphatic carbocycles. The molecule has 0 spiro atoms. The highest BCUT2D eigenvalue weighted by Gasteiger charge is 2.19. The molecule has 134 valence electrons. The number of nitrogens with zero attached hydrogens (tertiary/aromatic N) is 1. The van der Waals surface area contributed by atoms with Crippen molar-refractivity contribution in [3.63, 3.8) is 0 Å². The zero-order chi connectivity index (χ0) is 18.6. The molecule has 0 bridgehead atoms. The molecule has 0 fully saturated rings. The van der Waals surface area contributed by atoms with Gasteiger partial charge in [0, 0.05) is 12.6 Å². The maximum Gasteiger partial charge on any atom is 0.295 e. The quantitative estimate of drug-likeness (QED) is 0.541. The number of methoxy groups -OCH3 is 3. The average Bonchev–Trinajstić information content (AvgIpc) is 2.59. The number of anilines is 1. The summed E-state index contributed by atoms with van der Waals surface area (Å²) in [4.78, 5) is 10.5. The molecule has 0 radical (unpaired) electrons. The number of benzene rings is 2. The molecule has 0 heterocycles. The van der Waals surface area contributed by atoms with E-state index in [2.05, 4.69) is 21.2 Å². The Balaban J connectivity index is 2.32. The lowest BCUT2D eigenvalue weighted by molar-refractivity contribution is -0.384. The van der Waals surface area contributed by atoms with Crippen LogP contribution in [0.4, 0.5) is 15.8 Å². The fourth-order valence-electron chi connectivity index (χ4n) is 2.26. The average molecular weight is 415 g/mol. The van der Waals surface area contributed by atoms with Crippen LogP contribution >= 0.6 is 15.9 Å². The molecular weight excluding hydrogens is 399 g/mol. The Kier molecular flexibility index (Phi) is 6.02. The maximum absolute atomic E-state index is 13.7. The molecule has 25 heavy (non-hydrogen) atoms. The number of ether oxygens (including phenoxy) is 3. The fraction of sp³-hybridized carbons (Fsp3) is 0.250. The second-order valence-corrected chi connectivity index (χ2v) is 5.78. The van der Waals surface area contributed by atoms with E-state index in [1.165, 1.54) is 27.4 Å². The van der Waals surface area contributed by atoms with Gasteiger partial charge in [0.2, 0.25) is 0 Å². The standard InChI is InChI=1S/C16H16BrFN2O5/c1-23-14-7-12(13(20(21)22)6-11(14)18)19-8-9-4-10(17)16(25-3)15(5-9)24-2/h4-7,19H,8H2,1-3H3. The number of nitrogens with one attached hydrogen (secondary N) is 1. The van der Waals surface area contributed by atoms with Crippen LogP contribution in [0.1, 0.15) is 5.56 Å². The second kappa shape index (κ2) is 8.02. The zero-order valence-corrected chi connectivity index (χ0v) is 15.3. The molecule has 2 rings (SSSR count). The van der Waals surface area contributed by atoms with Crippen molar-refractivity contribution in [1.29, 1.82) is 0 Å².